The highest BCUT2D eigenvalue weighted by Crippen LogP contribution is 2.36. The Labute approximate surface area is 225 Å². The molecule has 0 aliphatic heterocycles. The zero-order valence-electron chi connectivity index (χ0n) is 20.8. The lowest BCUT2D eigenvalue weighted by molar-refractivity contribution is 0.992. The minimum Gasteiger partial charge on any atom is -0.213 e. The van der Waals surface area contributed by atoms with Crippen LogP contribution in [0.25, 0.3) is 65.2 Å². The van der Waals surface area contributed by atoms with Crippen LogP contribution < -0.4 is 0 Å². The molecule has 38 heavy (non-hydrogen) atoms. The molecule has 0 amide bonds. The van der Waals surface area contributed by atoms with Crippen molar-refractivity contribution in [3.8, 4) is 45.0 Å². The summed E-state index contributed by atoms with van der Waals surface area (Å²) in [5.74, 6) is 2.07. The van der Waals surface area contributed by atoms with Gasteiger partial charge in [0.25, 0.3) is 0 Å². The summed E-state index contributed by atoms with van der Waals surface area (Å²) in [7, 11) is 0. The van der Waals surface area contributed by atoms with Gasteiger partial charge in [-0.05, 0) is 59.5 Å². The molecule has 0 saturated heterocycles. The SMILES string of the molecule is Cc1nc(-c2cc(-c3ccccc3)cc(-c3ccccc3)c2)nc(-c2ccc3c(c2)sc2ccccc23)n1. The van der Waals surface area contributed by atoms with Gasteiger partial charge >= 0.3 is 0 Å². The molecule has 0 saturated carbocycles. The maximum atomic E-state index is 4.99. The Bertz CT molecular complexity index is 1870. The van der Waals surface area contributed by atoms with Crippen LogP contribution in [0.1, 0.15) is 5.82 Å². The number of aryl methyl sites for hydroxylation is 1. The predicted molar refractivity (Wildman–Crippen MR) is 159 cm³/mol. The maximum Gasteiger partial charge on any atom is 0.163 e. The summed E-state index contributed by atoms with van der Waals surface area (Å²) < 4.78 is 2.53. The van der Waals surface area contributed by atoms with E-state index in [1.807, 2.05) is 19.1 Å². The summed E-state index contributed by atoms with van der Waals surface area (Å²) in [5.41, 5.74) is 6.56. The lowest BCUT2D eigenvalue weighted by Gasteiger charge is -2.11. The van der Waals surface area contributed by atoms with Crippen LogP contribution >= 0.6 is 11.3 Å². The smallest absolute Gasteiger partial charge is 0.163 e. The van der Waals surface area contributed by atoms with Crippen molar-refractivity contribution in [3.63, 3.8) is 0 Å². The minimum atomic E-state index is 0.680. The number of aromatic nitrogens is 3. The van der Waals surface area contributed by atoms with E-state index in [0.717, 1.165) is 33.4 Å². The second-order valence-corrected chi connectivity index (χ2v) is 10.5. The molecule has 0 unspecified atom stereocenters. The first kappa shape index (κ1) is 22.5. The number of thiophene rings is 1. The van der Waals surface area contributed by atoms with Gasteiger partial charge in [-0.1, -0.05) is 91.0 Å². The number of hydrogen-bond donors (Lipinski definition) is 0. The summed E-state index contributed by atoms with van der Waals surface area (Å²) >= 11 is 1.80. The summed E-state index contributed by atoms with van der Waals surface area (Å²) in [6, 6.07) is 42.5. The van der Waals surface area contributed by atoms with E-state index in [1.54, 1.807) is 11.3 Å². The molecule has 0 aliphatic rings. The van der Waals surface area contributed by atoms with Gasteiger partial charge in [0.05, 0.1) is 0 Å². The highest BCUT2D eigenvalue weighted by atomic mass is 32.1. The summed E-state index contributed by atoms with van der Waals surface area (Å²) in [6.07, 6.45) is 0. The number of nitrogens with zero attached hydrogens (tertiary/aromatic N) is 3. The molecule has 180 valence electrons. The molecule has 3 nitrogen and oxygen atoms in total. The van der Waals surface area contributed by atoms with Crippen LogP contribution in [-0.4, -0.2) is 15.0 Å². The number of rotatable bonds is 4. The third-order valence-electron chi connectivity index (χ3n) is 6.79. The molecule has 0 bridgehead atoms. The van der Waals surface area contributed by atoms with Crippen molar-refractivity contribution >= 4 is 31.5 Å². The van der Waals surface area contributed by atoms with Crippen molar-refractivity contribution < 1.29 is 0 Å². The van der Waals surface area contributed by atoms with Gasteiger partial charge in [-0.25, -0.2) is 15.0 Å². The fourth-order valence-electron chi connectivity index (χ4n) is 4.96. The minimum absolute atomic E-state index is 0.680. The molecule has 0 fully saturated rings. The van der Waals surface area contributed by atoms with Crippen LogP contribution in [0.15, 0.2) is 121 Å². The van der Waals surface area contributed by atoms with Crippen LogP contribution in [-0.2, 0) is 0 Å². The van der Waals surface area contributed by atoms with E-state index in [0.29, 0.717) is 17.5 Å². The molecule has 7 rings (SSSR count). The first-order valence-corrected chi connectivity index (χ1v) is 13.4. The fraction of sp³-hybridized carbons (Fsp3) is 0.0294. The van der Waals surface area contributed by atoms with Crippen LogP contribution in [0.3, 0.4) is 0 Å². The van der Waals surface area contributed by atoms with E-state index >= 15 is 0 Å². The van der Waals surface area contributed by atoms with Gasteiger partial charge in [0.15, 0.2) is 11.6 Å². The summed E-state index contributed by atoms with van der Waals surface area (Å²) in [5, 5.41) is 2.56. The fourth-order valence-corrected chi connectivity index (χ4v) is 6.10. The van der Waals surface area contributed by atoms with Crippen LogP contribution in [0.5, 0.6) is 0 Å². The molecule has 4 heteroatoms. The van der Waals surface area contributed by atoms with Crippen LogP contribution in [0.4, 0.5) is 0 Å². The van der Waals surface area contributed by atoms with E-state index in [4.69, 9.17) is 15.0 Å². The lowest BCUT2D eigenvalue weighted by atomic mass is 9.96. The molecule has 0 radical (unpaired) electrons. The van der Waals surface area contributed by atoms with Gasteiger partial charge in [0, 0.05) is 31.3 Å². The van der Waals surface area contributed by atoms with E-state index in [2.05, 4.69) is 109 Å². The van der Waals surface area contributed by atoms with Gasteiger partial charge in [-0.15, -0.1) is 11.3 Å². The van der Waals surface area contributed by atoms with Crippen LogP contribution in [0.2, 0.25) is 0 Å². The summed E-state index contributed by atoms with van der Waals surface area (Å²) in [4.78, 5) is 14.5. The Morgan fingerprint density at radius 3 is 1.66 bits per heavy atom. The Morgan fingerprint density at radius 1 is 0.421 bits per heavy atom. The second kappa shape index (κ2) is 9.33. The molecule has 0 N–H and O–H groups in total. The number of benzene rings is 5. The molecule has 2 heterocycles. The van der Waals surface area contributed by atoms with Crippen molar-refractivity contribution in [1.82, 2.24) is 15.0 Å². The highest BCUT2D eigenvalue weighted by Gasteiger charge is 2.14. The molecular formula is C34H23N3S. The van der Waals surface area contributed by atoms with Crippen molar-refractivity contribution in [1.29, 1.82) is 0 Å². The Balaban J connectivity index is 1.38. The van der Waals surface area contributed by atoms with Crippen molar-refractivity contribution in [3.05, 3.63) is 127 Å². The van der Waals surface area contributed by atoms with Gasteiger partial charge in [0.1, 0.15) is 5.82 Å². The van der Waals surface area contributed by atoms with Gasteiger partial charge < -0.3 is 0 Å². The van der Waals surface area contributed by atoms with Crippen LogP contribution in [0, 0.1) is 6.92 Å². The van der Waals surface area contributed by atoms with E-state index in [9.17, 15) is 0 Å². The zero-order valence-corrected chi connectivity index (χ0v) is 21.6. The Hall–Kier alpha value is -4.67. The standard InChI is InChI=1S/C34H23N3S/c1-22-35-33(25-16-17-30-29-14-8-9-15-31(29)38-32(30)21-25)37-34(36-22)28-19-26(23-10-4-2-5-11-23)18-27(20-28)24-12-6-3-7-13-24/h2-21H,1H3. The maximum absolute atomic E-state index is 4.99. The largest absolute Gasteiger partial charge is 0.213 e. The Morgan fingerprint density at radius 2 is 0.974 bits per heavy atom. The van der Waals surface area contributed by atoms with Crippen molar-refractivity contribution in [2.45, 2.75) is 6.92 Å². The van der Waals surface area contributed by atoms with Crippen molar-refractivity contribution in [2.75, 3.05) is 0 Å². The third-order valence-corrected chi connectivity index (χ3v) is 7.92. The first-order valence-electron chi connectivity index (χ1n) is 12.6. The number of fused-ring (bicyclic) bond motifs is 3. The lowest BCUT2D eigenvalue weighted by Crippen LogP contribution is -2.00. The molecule has 5 aromatic carbocycles. The Kier molecular flexibility index (Phi) is 5.53. The molecule has 7 aromatic rings. The topological polar surface area (TPSA) is 38.7 Å². The normalized spacial score (nSPS) is 11.3. The van der Waals surface area contributed by atoms with E-state index in [-0.39, 0.29) is 0 Å². The predicted octanol–water partition coefficient (Wildman–Crippen LogP) is 9.22. The quantitative estimate of drug-likeness (QED) is 0.239. The number of hydrogen-bond acceptors (Lipinski definition) is 4. The molecule has 0 atom stereocenters. The molecule has 2 aromatic heterocycles. The first-order chi connectivity index (χ1) is 18.7. The average molecular weight is 506 g/mol. The molecule has 0 spiro atoms. The highest BCUT2D eigenvalue weighted by molar-refractivity contribution is 7.25. The second-order valence-electron chi connectivity index (χ2n) is 9.37. The zero-order chi connectivity index (χ0) is 25.5. The van der Waals surface area contributed by atoms with Crippen molar-refractivity contribution in [2.24, 2.45) is 0 Å². The average Bonchev–Trinajstić information content (AvgIpc) is 3.35. The summed E-state index contributed by atoms with van der Waals surface area (Å²) in [6.45, 7) is 1.94. The van der Waals surface area contributed by atoms with Gasteiger partial charge in [-0.3, -0.25) is 0 Å². The van der Waals surface area contributed by atoms with Gasteiger partial charge in [-0.2, -0.15) is 0 Å². The van der Waals surface area contributed by atoms with E-state index < -0.39 is 0 Å². The monoisotopic (exact) mass is 505 g/mol. The third kappa shape index (κ3) is 4.15. The molecular weight excluding hydrogens is 482 g/mol. The molecule has 0 aliphatic carbocycles. The van der Waals surface area contributed by atoms with E-state index in [1.165, 1.54) is 20.2 Å². The van der Waals surface area contributed by atoms with Gasteiger partial charge in [0.2, 0.25) is 0 Å².